The van der Waals surface area contributed by atoms with Gasteiger partial charge in [0.1, 0.15) is 9.84 Å². The first-order valence-corrected chi connectivity index (χ1v) is 8.68. The summed E-state index contributed by atoms with van der Waals surface area (Å²) in [6.45, 7) is 3.73. The molecule has 0 aromatic heterocycles. The van der Waals surface area contributed by atoms with Crippen LogP contribution < -0.4 is 10.6 Å². The molecule has 0 unspecified atom stereocenters. The average Bonchev–Trinajstić information content (AvgIpc) is 2.30. The molecule has 7 heteroatoms. The van der Waals surface area contributed by atoms with E-state index in [9.17, 15) is 8.42 Å². The van der Waals surface area contributed by atoms with Crippen molar-refractivity contribution in [3.8, 4) is 0 Å². The first-order chi connectivity index (χ1) is 8.49. The van der Waals surface area contributed by atoms with E-state index >= 15 is 0 Å². The maximum atomic E-state index is 10.9. The second kappa shape index (κ2) is 13.0. The molecule has 0 aliphatic heterocycles. The average molecular weight is 405 g/mol. The van der Waals surface area contributed by atoms with E-state index in [4.69, 9.17) is 0 Å². The minimum absolute atomic E-state index is 0. The predicted octanol–water partition coefficient (Wildman–Crippen LogP) is 1.78. The summed E-state index contributed by atoms with van der Waals surface area (Å²) in [6, 6.07) is 0. The van der Waals surface area contributed by atoms with Crippen LogP contribution in [0.3, 0.4) is 0 Å². The van der Waals surface area contributed by atoms with E-state index in [-0.39, 0.29) is 29.7 Å². The van der Waals surface area contributed by atoms with E-state index in [1.165, 1.54) is 25.5 Å². The van der Waals surface area contributed by atoms with E-state index in [1.54, 1.807) is 7.05 Å². The molecule has 0 atom stereocenters. The van der Waals surface area contributed by atoms with Gasteiger partial charge in [-0.2, -0.15) is 0 Å². The van der Waals surface area contributed by atoms with Crippen LogP contribution in [0.5, 0.6) is 0 Å². The molecule has 0 rings (SSSR count). The van der Waals surface area contributed by atoms with Crippen LogP contribution in [0.1, 0.15) is 39.0 Å². The van der Waals surface area contributed by atoms with Gasteiger partial charge in [0.15, 0.2) is 5.96 Å². The van der Waals surface area contributed by atoms with Gasteiger partial charge >= 0.3 is 0 Å². The van der Waals surface area contributed by atoms with Gasteiger partial charge in [-0.3, -0.25) is 4.99 Å². The Bertz CT molecular complexity index is 332. The Balaban J connectivity index is 0. The molecule has 5 nitrogen and oxygen atoms in total. The second-order valence-corrected chi connectivity index (χ2v) is 6.73. The number of unbranched alkanes of at least 4 members (excludes halogenated alkanes) is 3. The highest BCUT2D eigenvalue weighted by molar-refractivity contribution is 14.0. The minimum atomic E-state index is -2.86. The van der Waals surface area contributed by atoms with Crippen LogP contribution in [0.2, 0.25) is 0 Å². The van der Waals surface area contributed by atoms with E-state index in [0.29, 0.717) is 13.0 Å². The molecule has 19 heavy (non-hydrogen) atoms. The number of sulfone groups is 1. The maximum Gasteiger partial charge on any atom is 0.190 e. The van der Waals surface area contributed by atoms with Crippen molar-refractivity contribution in [1.29, 1.82) is 0 Å². The molecule has 0 bridgehead atoms. The first-order valence-electron chi connectivity index (χ1n) is 6.62. The summed E-state index contributed by atoms with van der Waals surface area (Å²) >= 11 is 0. The van der Waals surface area contributed by atoms with Crippen molar-refractivity contribution in [1.82, 2.24) is 10.6 Å². The zero-order valence-corrected chi connectivity index (χ0v) is 15.4. The topological polar surface area (TPSA) is 70.6 Å². The lowest BCUT2D eigenvalue weighted by atomic mass is 10.2. The molecule has 0 heterocycles. The Labute approximate surface area is 135 Å². The number of nitrogens with zero attached hydrogens (tertiary/aromatic N) is 1. The standard InChI is InChI=1S/C12H27N3O2S.HI/c1-4-5-6-7-9-14-12(13-2)15-10-8-11-18(3,16)17;/h4-11H2,1-3H3,(H2,13,14,15);1H. The van der Waals surface area contributed by atoms with Crippen LogP contribution in [0.15, 0.2) is 4.99 Å². The van der Waals surface area contributed by atoms with Crippen LogP contribution in [0.25, 0.3) is 0 Å². The molecular formula is C12H28IN3O2S. The van der Waals surface area contributed by atoms with Crippen LogP contribution in [-0.2, 0) is 9.84 Å². The highest BCUT2D eigenvalue weighted by atomic mass is 127. The Morgan fingerprint density at radius 2 is 1.63 bits per heavy atom. The van der Waals surface area contributed by atoms with Crippen molar-refractivity contribution >= 4 is 39.8 Å². The third-order valence-electron chi connectivity index (χ3n) is 2.53. The van der Waals surface area contributed by atoms with Gasteiger partial charge in [-0.15, -0.1) is 24.0 Å². The molecule has 0 aromatic carbocycles. The number of nitrogens with one attached hydrogen (secondary N) is 2. The van der Waals surface area contributed by atoms with E-state index in [0.717, 1.165) is 18.9 Å². The zero-order chi connectivity index (χ0) is 13.9. The van der Waals surface area contributed by atoms with Crippen LogP contribution in [-0.4, -0.2) is 46.5 Å². The summed E-state index contributed by atoms with van der Waals surface area (Å²) in [6.07, 6.45) is 6.73. The highest BCUT2D eigenvalue weighted by Crippen LogP contribution is 1.96. The van der Waals surface area contributed by atoms with Gasteiger partial charge in [0.05, 0.1) is 5.75 Å². The first kappa shape index (κ1) is 21.3. The molecule has 0 aliphatic rings. The fourth-order valence-corrected chi connectivity index (χ4v) is 2.19. The molecule has 0 fully saturated rings. The fraction of sp³-hybridized carbons (Fsp3) is 0.917. The molecule has 116 valence electrons. The normalized spacial score (nSPS) is 11.8. The fourth-order valence-electron chi connectivity index (χ4n) is 1.52. The molecule has 0 radical (unpaired) electrons. The van der Waals surface area contributed by atoms with Crippen molar-refractivity contribution in [3.05, 3.63) is 0 Å². The van der Waals surface area contributed by atoms with Crippen molar-refractivity contribution in [2.75, 3.05) is 32.1 Å². The monoisotopic (exact) mass is 405 g/mol. The Morgan fingerprint density at radius 3 is 2.11 bits per heavy atom. The van der Waals surface area contributed by atoms with Crippen LogP contribution in [0.4, 0.5) is 0 Å². The van der Waals surface area contributed by atoms with Gasteiger partial charge in [-0.05, 0) is 12.8 Å². The summed E-state index contributed by atoms with van der Waals surface area (Å²) in [4.78, 5) is 4.08. The Morgan fingerprint density at radius 1 is 1.05 bits per heavy atom. The van der Waals surface area contributed by atoms with Gasteiger partial charge < -0.3 is 10.6 Å². The van der Waals surface area contributed by atoms with Crippen molar-refractivity contribution in [2.24, 2.45) is 4.99 Å². The number of guanidine groups is 1. The summed E-state index contributed by atoms with van der Waals surface area (Å²) in [5.41, 5.74) is 0. The summed E-state index contributed by atoms with van der Waals surface area (Å²) in [5, 5.41) is 6.32. The number of aliphatic imine (C=N–C) groups is 1. The van der Waals surface area contributed by atoms with Crippen molar-refractivity contribution in [2.45, 2.75) is 39.0 Å². The third-order valence-corrected chi connectivity index (χ3v) is 3.56. The quantitative estimate of drug-likeness (QED) is 0.266. The van der Waals surface area contributed by atoms with Crippen LogP contribution >= 0.6 is 24.0 Å². The summed E-state index contributed by atoms with van der Waals surface area (Å²) < 4.78 is 21.9. The lowest BCUT2D eigenvalue weighted by Crippen LogP contribution is -2.38. The molecule has 0 amide bonds. The lowest BCUT2D eigenvalue weighted by Gasteiger charge is -2.11. The minimum Gasteiger partial charge on any atom is -0.356 e. The second-order valence-electron chi connectivity index (χ2n) is 4.47. The molecule has 0 spiro atoms. The predicted molar refractivity (Wildman–Crippen MR) is 93.2 cm³/mol. The maximum absolute atomic E-state index is 10.9. The summed E-state index contributed by atoms with van der Waals surface area (Å²) in [7, 11) is -1.14. The smallest absolute Gasteiger partial charge is 0.190 e. The van der Waals surface area contributed by atoms with Gasteiger partial charge in [-0.25, -0.2) is 8.42 Å². The van der Waals surface area contributed by atoms with Crippen LogP contribution in [0, 0.1) is 0 Å². The van der Waals surface area contributed by atoms with Crippen molar-refractivity contribution < 1.29 is 8.42 Å². The summed E-state index contributed by atoms with van der Waals surface area (Å²) in [5.74, 6) is 0.966. The molecular weight excluding hydrogens is 377 g/mol. The SMILES string of the molecule is CCCCCCNC(=NC)NCCCS(C)(=O)=O.I. The number of halogens is 1. The number of hydrogen-bond donors (Lipinski definition) is 2. The molecule has 0 aromatic rings. The molecule has 0 aliphatic carbocycles. The molecule has 0 saturated heterocycles. The largest absolute Gasteiger partial charge is 0.356 e. The highest BCUT2D eigenvalue weighted by Gasteiger charge is 2.02. The Kier molecular flexibility index (Phi) is 14.5. The third kappa shape index (κ3) is 15.9. The van der Waals surface area contributed by atoms with E-state index in [1.807, 2.05) is 0 Å². The van der Waals surface area contributed by atoms with Gasteiger partial charge in [-0.1, -0.05) is 26.2 Å². The van der Waals surface area contributed by atoms with Crippen molar-refractivity contribution in [3.63, 3.8) is 0 Å². The molecule has 2 N–H and O–H groups in total. The zero-order valence-electron chi connectivity index (χ0n) is 12.2. The van der Waals surface area contributed by atoms with E-state index < -0.39 is 9.84 Å². The van der Waals surface area contributed by atoms with Gasteiger partial charge in [0, 0.05) is 26.4 Å². The van der Waals surface area contributed by atoms with Gasteiger partial charge in [0.25, 0.3) is 0 Å². The Hall–Kier alpha value is -0.0500. The van der Waals surface area contributed by atoms with Gasteiger partial charge in [0.2, 0.25) is 0 Å². The number of hydrogen-bond acceptors (Lipinski definition) is 3. The van der Waals surface area contributed by atoms with E-state index in [2.05, 4.69) is 22.5 Å². The number of rotatable bonds is 9. The molecule has 0 saturated carbocycles. The lowest BCUT2D eigenvalue weighted by molar-refractivity contribution is 0.598.